The molecule has 0 aliphatic heterocycles. The molecule has 1 unspecified atom stereocenters. The zero-order chi connectivity index (χ0) is 15.8. The SMILES string of the molecule is CCN(CC(C)C#N)C(=O)c1cc(C)ccc1C#CCN. The Kier molecular flexibility index (Phi) is 6.46. The molecule has 0 saturated carbocycles. The quantitative estimate of drug-likeness (QED) is 0.858. The first-order valence-corrected chi connectivity index (χ1v) is 7.02. The number of carbonyl (C=O) groups is 1. The molecule has 1 amide bonds. The summed E-state index contributed by atoms with van der Waals surface area (Å²) in [5.74, 6) is 5.43. The summed E-state index contributed by atoms with van der Waals surface area (Å²) in [6.07, 6.45) is 0. The number of nitrogens with zero attached hydrogens (tertiary/aromatic N) is 2. The molecular weight excluding hydrogens is 262 g/mol. The largest absolute Gasteiger partial charge is 0.338 e. The Morgan fingerprint density at radius 2 is 2.19 bits per heavy atom. The second kappa shape index (κ2) is 8.09. The predicted molar refractivity (Wildman–Crippen MR) is 83.5 cm³/mol. The third kappa shape index (κ3) is 4.63. The molecule has 0 spiro atoms. The fraction of sp³-hybridized carbons (Fsp3) is 0.412. The lowest BCUT2D eigenvalue weighted by atomic mass is 10.0. The molecule has 1 aromatic rings. The number of nitrogens with two attached hydrogens (primary N) is 1. The fourth-order valence-electron chi connectivity index (χ4n) is 1.99. The zero-order valence-electron chi connectivity index (χ0n) is 12.8. The van der Waals surface area contributed by atoms with Crippen molar-refractivity contribution >= 4 is 5.91 Å². The van der Waals surface area contributed by atoms with Gasteiger partial charge in [0.15, 0.2) is 0 Å². The maximum Gasteiger partial charge on any atom is 0.255 e. The van der Waals surface area contributed by atoms with E-state index < -0.39 is 0 Å². The van der Waals surface area contributed by atoms with Crippen molar-refractivity contribution in [2.24, 2.45) is 11.7 Å². The third-order valence-electron chi connectivity index (χ3n) is 3.11. The van der Waals surface area contributed by atoms with Crippen LogP contribution in [0.1, 0.15) is 35.3 Å². The molecule has 0 aromatic heterocycles. The molecule has 110 valence electrons. The lowest BCUT2D eigenvalue weighted by molar-refractivity contribution is 0.0752. The highest BCUT2D eigenvalue weighted by molar-refractivity contribution is 5.97. The van der Waals surface area contributed by atoms with Crippen LogP contribution in [0.3, 0.4) is 0 Å². The molecular formula is C17H21N3O. The van der Waals surface area contributed by atoms with Crippen LogP contribution in [0.5, 0.6) is 0 Å². The number of rotatable bonds is 4. The van der Waals surface area contributed by atoms with Crippen molar-refractivity contribution in [3.8, 4) is 17.9 Å². The average molecular weight is 283 g/mol. The Balaban J connectivity index is 3.15. The molecule has 0 aliphatic rings. The van der Waals surface area contributed by atoms with Crippen LogP contribution in [0.15, 0.2) is 18.2 Å². The van der Waals surface area contributed by atoms with Crippen molar-refractivity contribution in [2.75, 3.05) is 19.6 Å². The minimum Gasteiger partial charge on any atom is -0.338 e. The number of amides is 1. The standard InChI is InChI=1S/C17H21N3O/c1-4-20(12-14(3)11-19)17(21)16-10-13(2)7-8-15(16)6-5-9-18/h7-8,10,14H,4,9,12,18H2,1-3H3. The molecule has 4 nitrogen and oxygen atoms in total. The number of hydrogen-bond donors (Lipinski definition) is 1. The second-order valence-electron chi connectivity index (χ2n) is 4.93. The van der Waals surface area contributed by atoms with Crippen molar-refractivity contribution < 1.29 is 4.79 Å². The second-order valence-corrected chi connectivity index (χ2v) is 4.93. The van der Waals surface area contributed by atoms with E-state index in [0.29, 0.717) is 24.2 Å². The lowest BCUT2D eigenvalue weighted by Crippen LogP contribution is -2.34. The molecule has 0 saturated heterocycles. The van der Waals surface area contributed by atoms with E-state index in [0.717, 1.165) is 5.56 Å². The molecule has 0 bridgehead atoms. The summed E-state index contributed by atoms with van der Waals surface area (Å²) >= 11 is 0. The number of carbonyl (C=O) groups excluding carboxylic acids is 1. The van der Waals surface area contributed by atoms with Gasteiger partial charge in [0.1, 0.15) is 0 Å². The van der Waals surface area contributed by atoms with Gasteiger partial charge in [-0.2, -0.15) is 5.26 Å². The number of benzene rings is 1. The molecule has 0 fully saturated rings. The van der Waals surface area contributed by atoms with Gasteiger partial charge >= 0.3 is 0 Å². The van der Waals surface area contributed by atoms with Gasteiger partial charge < -0.3 is 10.6 Å². The molecule has 0 heterocycles. The van der Waals surface area contributed by atoms with Gasteiger partial charge in [-0.05, 0) is 32.9 Å². The van der Waals surface area contributed by atoms with E-state index in [1.807, 2.05) is 32.0 Å². The summed E-state index contributed by atoms with van der Waals surface area (Å²) in [5, 5.41) is 8.92. The molecule has 0 aliphatic carbocycles. The minimum absolute atomic E-state index is 0.0929. The molecule has 21 heavy (non-hydrogen) atoms. The predicted octanol–water partition coefficient (Wildman–Crippen LogP) is 1.93. The number of aryl methyl sites for hydroxylation is 1. The van der Waals surface area contributed by atoms with Crippen LogP contribution in [0.4, 0.5) is 0 Å². The highest BCUT2D eigenvalue weighted by Gasteiger charge is 2.19. The van der Waals surface area contributed by atoms with Crippen LogP contribution >= 0.6 is 0 Å². The van der Waals surface area contributed by atoms with E-state index in [1.54, 1.807) is 11.8 Å². The average Bonchev–Trinajstić information content (AvgIpc) is 2.50. The van der Waals surface area contributed by atoms with Crippen molar-refractivity contribution in [3.05, 3.63) is 34.9 Å². The maximum atomic E-state index is 12.7. The summed E-state index contributed by atoms with van der Waals surface area (Å²) < 4.78 is 0. The van der Waals surface area contributed by atoms with Crippen molar-refractivity contribution in [3.63, 3.8) is 0 Å². The van der Waals surface area contributed by atoms with E-state index in [4.69, 9.17) is 11.0 Å². The van der Waals surface area contributed by atoms with E-state index in [2.05, 4.69) is 17.9 Å². The van der Waals surface area contributed by atoms with Gasteiger partial charge in [0.05, 0.1) is 24.1 Å². The van der Waals surface area contributed by atoms with Crippen molar-refractivity contribution in [1.82, 2.24) is 4.90 Å². The minimum atomic E-state index is -0.197. The lowest BCUT2D eigenvalue weighted by Gasteiger charge is -2.22. The highest BCUT2D eigenvalue weighted by Crippen LogP contribution is 2.15. The van der Waals surface area contributed by atoms with Gasteiger partial charge in [0, 0.05) is 18.7 Å². The Bertz CT molecular complexity index is 605. The zero-order valence-corrected chi connectivity index (χ0v) is 12.8. The van der Waals surface area contributed by atoms with Gasteiger partial charge in [0.2, 0.25) is 0 Å². The van der Waals surface area contributed by atoms with Gasteiger partial charge in [-0.1, -0.05) is 23.5 Å². The van der Waals surface area contributed by atoms with Gasteiger partial charge in [-0.15, -0.1) is 0 Å². The summed E-state index contributed by atoms with van der Waals surface area (Å²) in [5.41, 5.74) is 7.65. The van der Waals surface area contributed by atoms with Crippen LogP contribution < -0.4 is 5.73 Å². The Hall–Kier alpha value is -2.30. The first-order valence-electron chi connectivity index (χ1n) is 7.02. The normalized spacial score (nSPS) is 11.0. The topological polar surface area (TPSA) is 70.1 Å². The highest BCUT2D eigenvalue weighted by atomic mass is 16.2. The first kappa shape index (κ1) is 16.8. The maximum absolute atomic E-state index is 12.7. The van der Waals surface area contributed by atoms with E-state index in [-0.39, 0.29) is 18.4 Å². The van der Waals surface area contributed by atoms with Crippen molar-refractivity contribution in [2.45, 2.75) is 20.8 Å². The summed E-state index contributed by atoms with van der Waals surface area (Å²) in [7, 11) is 0. The van der Waals surface area contributed by atoms with E-state index in [1.165, 1.54) is 0 Å². The molecule has 2 N–H and O–H groups in total. The molecule has 4 heteroatoms. The van der Waals surface area contributed by atoms with Crippen molar-refractivity contribution in [1.29, 1.82) is 5.26 Å². The monoisotopic (exact) mass is 283 g/mol. The van der Waals surface area contributed by atoms with Gasteiger partial charge in [-0.25, -0.2) is 0 Å². The van der Waals surface area contributed by atoms with Crippen LogP contribution in [-0.2, 0) is 0 Å². The Morgan fingerprint density at radius 1 is 1.48 bits per heavy atom. The fourth-order valence-corrected chi connectivity index (χ4v) is 1.99. The smallest absolute Gasteiger partial charge is 0.255 e. The third-order valence-corrected chi connectivity index (χ3v) is 3.11. The Morgan fingerprint density at radius 3 is 2.76 bits per heavy atom. The Labute approximate surface area is 126 Å². The number of nitriles is 1. The number of hydrogen-bond acceptors (Lipinski definition) is 3. The van der Waals surface area contributed by atoms with Crippen LogP contribution in [0.2, 0.25) is 0 Å². The van der Waals surface area contributed by atoms with E-state index in [9.17, 15) is 4.79 Å². The molecule has 1 atom stereocenters. The van der Waals surface area contributed by atoms with Gasteiger partial charge in [-0.3, -0.25) is 4.79 Å². The van der Waals surface area contributed by atoms with E-state index >= 15 is 0 Å². The first-order chi connectivity index (χ1) is 10.0. The van der Waals surface area contributed by atoms with Crippen LogP contribution in [0, 0.1) is 36.0 Å². The summed E-state index contributed by atoms with van der Waals surface area (Å²) in [6.45, 7) is 6.88. The molecule has 0 radical (unpaired) electrons. The van der Waals surface area contributed by atoms with Gasteiger partial charge in [0.25, 0.3) is 5.91 Å². The molecule has 1 aromatic carbocycles. The van der Waals surface area contributed by atoms with Crippen LogP contribution in [0.25, 0.3) is 0 Å². The van der Waals surface area contributed by atoms with Crippen LogP contribution in [-0.4, -0.2) is 30.4 Å². The summed E-state index contributed by atoms with van der Waals surface area (Å²) in [6, 6.07) is 7.76. The molecule has 1 rings (SSSR count). The summed E-state index contributed by atoms with van der Waals surface area (Å²) in [4.78, 5) is 14.4.